The number of H-pyrrole nitrogens is 1. The lowest BCUT2D eigenvalue weighted by molar-refractivity contribution is -0.136. The highest BCUT2D eigenvalue weighted by atomic mass is 16.5. The van der Waals surface area contributed by atoms with Gasteiger partial charge in [0.05, 0.1) is 24.5 Å². The number of nitrogens with zero attached hydrogens (tertiary/aromatic N) is 1. The van der Waals surface area contributed by atoms with E-state index in [0.717, 1.165) is 0 Å². The van der Waals surface area contributed by atoms with Crippen molar-refractivity contribution in [3.05, 3.63) is 27.4 Å². The van der Waals surface area contributed by atoms with E-state index >= 15 is 0 Å². The normalized spacial score (nSPS) is 14.0. The molecule has 0 saturated carbocycles. The molecule has 0 fully saturated rings. The molecule has 1 aromatic rings. The van der Waals surface area contributed by atoms with Crippen LogP contribution < -0.4 is 5.56 Å². The standard InChI is InChI=1S/C8H8N2O4/c11-7(12)1-6-9-5-3-14-2-4(5)8(13)10-6/h1-3H2,(H,11,12)(H,9,10,13). The largest absolute Gasteiger partial charge is 0.481 e. The Morgan fingerprint density at radius 3 is 3.07 bits per heavy atom. The van der Waals surface area contributed by atoms with Crippen molar-refractivity contribution in [2.24, 2.45) is 0 Å². The van der Waals surface area contributed by atoms with Crippen LogP contribution in [0.4, 0.5) is 0 Å². The number of aromatic amines is 1. The first-order chi connectivity index (χ1) is 6.66. The number of hydrogen-bond donors (Lipinski definition) is 2. The third-order valence-electron chi connectivity index (χ3n) is 1.95. The minimum Gasteiger partial charge on any atom is -0.481 e. The third-order valence-corrected chi connectivity index (χ3v) is 1.95. The molecule has 0 spiro atoms. The number of aromatic nitrogens is 2. The lowest BCUT2D eigenvalue weighted by atomic mass is 10.2. The van der Waals surface area contributed by atoms with Crippen LogP contribution in [-0.2, 0) is 29.2 Å². The molecular weight excluding hydrogens is 188 g/mol. The number of carboxylic acids is 1. The van der Waals surface area contributed by atoms with Crippen molar-refractivity contribution in [1.82, 2.24) is 9.97 Å². The van der Waals surface area contributed by atoms with Gasteiger partial charge in [0.1, 0.15) is 12.2 Å². The molecule has 0 aromatic carbocycles. The first kappa shape index (κ1) is 8.89. The van der Waals surface area contributed by atoms with Crippen LogP contribution in [0.15, 0.2) is 4.79 Å². The Hall–Kier alpha value is -1.69. The van der Waals surface area contributed by atoms with E-state index in [1.807, 2.05) is 0 Å². The number of carboxylic acid groups (broad SMARTS) is 1. The Kier molecular flexibility index (Phi) is 2.05. The average molecular weight is 196 g/mol. The van der Waals surface area contributed by atoms with E-state index in [-0.39, 0.29) is 31.0 Å². The van der Waals surface area contributed by atoms with Crippen LogP contribution in [-0.4, -0.2) is 21.0 Å². The van der Waals surface area contributed by atoms with Gasteiger partial charge in [0.2, 0.25) is 0 Å². The van der Waals surface area contributed by atoms with Crippen LogP contribution in [0, 0.1) is 0 Å². The molecule has 1 aromatic heterocycles. The van der Waals surface area contributed by atoms with Gasteiger partial charge in [-0.2, -0.15) is 0 Å². The maximum atomic E-state index is 11.3. The quantitative estimate of drug-likeness (QED) is 0.660. The van der Waals surface area contributed by atoms with Gasteiger partial charge in [-0.15, -0.1) is 0 Å². The number of fused-ring (bicyclic) bond motifs is 1. The van der Waals surface area contributed by atoms with Crippen LogP contribution >= 0.6 is 0 Å². The van der Waals surface area contributed by atoms with Crippen molar-refractivity contribution in [2.75, 3.05) is 0 Å². The zero-order valence-corrected chi connectivity index (χ0v) is 7.24. The molecule has 6 heteroatoms. The second-order valence-electron chi connectivity index (χ2n) is 3.00. The van der Waals surface area contributed by atoms with Crippen molar-refractivity contribution in [1.29, 1.82) is 0 Å². The van der Waals surface area contributed by atoms with E-state index < -0.39 is 5.97 Å². The van der Waals surface area contributed by atoms with Gasteiger partial charge in [-0.25, -0.2) is 4.98 Å². The van der Waals surface area contributed by atoms with Gasteiger partial charge in [0.25, 0.3) is 5.56 Å². The molecule has 2 rings (SSSR count). The van der Waals surface area contributed by atoms with E-state index in [1.165, 1.54) is 0 Å². The number of hydrogen-bond acceptors (Lipinski definition) is 4. The number of nitrogens with one attached hydrogen (secondary N) is 1. The zero-order valence-electron chi connectivity index (χ0n) is 7.24. The highest BCUT2D eigenvalue weighted by Gasteiger charge is 2.18. The zero-order chi connectivity index (χ0) is 10.1. The number of rotatable bonds is 2. The molecule has 0 radical (unpaired) electrons. The van der Waals surface area contributed by atoms with Gasteiger partial charge < -0.3 is 14.8 Å². The van der Waals surface area contributed by atoms with E-state index in [9.17, 15) is 9.59 Å². The maximum Gasteiger partial charge on any atom is 0.311 e. The predicted molar refractivity (Wildman–Crippen MR) is 44.7 cm³/mol. The van der Waals surface area contributed by atoms with Crippen LogP contribution in [0.2, 0.25) is 0 Å². The SMILES string of the molecule is O=C(O)Cc1nc2c(c(=O)[nH]1)COC2. The fourth-order valence-electron chi connectivity index (χ4n) is 1.34. The van der Waals surface area contributed by atoms with Crippen molar-refractivity contribution in [2.45, 2.75) is 19.6 Å². The molecule has 1 aliphatic rings. The molecule has 74 valence electrons. The lowest BCUT2D eigenvalue weighted by Crippen LogP contribution is -2.18. The molecule has 2 N–H and O–H groups in total. The third kappa shape index (κ3) is 1.51. The molecule has 0 bridgehead atoms. The van der Waals surface area contributed by atoms with Crippen molar-refractivity contribution < 1.29 is 14.6 Å². The highest BCUT2D eigenvalue weighted by Crippen LogP contribution is 2.12. The minimum atomic E-state index is -1.02. The van der Waals surface area contributed by atoms with Gasteiger partial charge in [-0.05, 0) is 0 Å². The maximum absolute atomic E-state index is 11.3. The molecular formula is C8H8N2O4. The van der Waals surface area contributed by atoms with Crippen LogP contribution in [0.3, 0.4) is 0 Å². The topological polar surface area (TPSA) is 92.3 Å². The van der Waals surface area contributed by atoms with Crippen LogP contribution in [0.25, 0.3) is 0 Å². The molecule has 0 unspecified atom stereocenters. The predicted octanol–water partition coefficient (Wildman–Crippen LogP) is -0.573. The molecule has 6 nitrogen and oxygen atoms in total. The molecule has 1 aliphatic heterocycles. The highest BCUT2D eigenvalue weighted by molar-refractivity contribution is 5.68. The molecule has 14 heavy (non-hydrogen) atoms. The smallest absolute Gasteiger partial charge is 0.311 e. The summed E-state index contributed by atoms with van der Waals surface area (Å²) in [6.45, 7) is 0.539. The summed E-state index contributed by atoms with van der Waals surface area (Å²) in [6.07, 6.45) is -0.275. The summed E-state index contributed by atoms with van der Waals surface area (Å²) in [5.74, 6) is -0.848. The van der Waals surface area contributed by atoms with E-state index in [4.69, 9.17) is 9.84 Å². The monoisotopic (exact) mass is 196 g/mol. The first-order valence-corrected chi connectivity index (χ1v) is 4.07. The number of aliphatic carboxylic acids is 1. The summed E-state index contributed by atoms with van der Waals surface area (Å²) in [5, 5.41) is 8.51. The van der Waals surface area contributed by atoms with Gasteiger partial charge >= 0.3 is 5.97 Å². The summed E-state index contributed by atoms with van der Waals surface area (Å²) in [6, 6.07) is 0. The summed E-state index contributed by atoms with van der Waals surface area (Å²) >= 11 is 0. The van der Waals surface area contributed by atoms with Crippen LogP contribution in [0.5, 0.6) is 0 Å². The second kappa shape index (κ2) is 3.22. The van der Waals surface area contributed by atoms with Crippen LogP contribution in [0.1, 0.15) is 17.1 Å². The van der Waals surface area contributed by atoms with Gasteiger partial charge in [-0.1, -0.05) is 0 Å². The Morgan fingerprint density at radius 1 is 1.57 bits per heavy atom. The molecule has 0 aliphatic carbocycles. The van der Waals surface area contributed by atoms with E-state index in [1.54, 1.807) is 0 Å². The molecule has 0 saturated heterocycles. The summed E-state index contributed by atoms with van der Waals surface area (Å²) < 4.78 is 5.03. The average Bonchev–Trinajstić information content (AvgIpc) is 2.50. The Bertz CT molecular complexity index is 437. The van der Waals surface area contributed by atoms with Crippen molar-refractivity contribution in [3.8, 4) is 0 Å². The first-order valence-electron chi connectivity index (χ1n) is 4.07. The lowest BCUT2D eigenvalue weighted by Gasteiger charge is -1.99. The van der Waals surface area contributed by atoms with Gasteiger partial charge in [0, 0.05) is 0 Å². The number of carbonyl (C=O) groups is 1. The second-order valence-corrected chi connectivity index (χ2v) is 3.00. The molecule has 0 atom stereocenters. The van der Waals surface area contributed by atoms with Gasteiger partial charge in [0.15, 0.2) is 0 Å². The summed E-state index contributed by atoms with van der Waals surface area (Å²) in [7, 11) is 0. The Balaban J connectivity index is 2.42. The Morgan fingerprint density at radius 2 is 2.36 bits per heavy atom. The van der Waals surface area contributed by atoms with Crippen molar-refractivity contribution in [3.63, 3.8) is 0 Å². The van der Waals surface area contributed by atoms with Crippen molar-refractivity contribution >= 4 is 5.97 Å². The fraction of sp³-hybridized carbons (Fsp3) is 0.375. The fourth-order valence-corrected chi connectivity index (χ4v) is 1.34. The Labute approximate surface area is 78.6 Å². The summed E-state index contributed by atoms with van der Waals surface area (Å²) in [4.78, 5) is 28.1. The minimum absolute atomic E-state index is 0.173. The molecule has 2 heterocycles. The van der Waals surface area contributed by atoms with E-state index in [2.05, 4.69) is 9.97 Å². The molecule has 0 amide bonds. The van der Waals surface area contributed by atoms with Gasteiger partial charge in [-0.3, -0.25) is 9.59 Å². The van der Waals surface area contributed by atoms with E-state index in [0.29, 0.717) is 11.3 Å². The number of ether oxygens (including phenoxy) is 1. The summed E-state index contributed by atoms with van der Waals surface area (Å²) in [5.41, 5.74) is 0.743.